The zero-order valence-corrected chi connectivity index (χ0v) is 9.37. The zero-order valence-electron chi connectivity index (χ0n) is 7.22. The normalized spacial score (nSPS) is 10.2. The van der Waals surface area contributed by atoms with E-state index in [2.05, 4.69) is 41.6 Å². The highest BCUT2D eigenvalue weighted by molar-refractivity contribution is 14.1. The van der Waals surface area contributed by atoms with Crippen LogP contribution in [0.15, 0.2) is 24.3 Å². The van der Waals surface area contributed by atoms with Gasteiger partial charge in [-0.25, -0.2) is 0 Å². The molecule has 0 aliphatic heterocycles. The lowest BCUT2D eigenvalue weighted by atomic mass is 10.2. The van der Waals surface area contributed by atoms with E-state index in [9.17, 15) is 0 Å². The molecule has 0 saturated carbocycles. The maximum Gasteiger partial charge on any atom is 0.0727 e. The number of rotatable bonds is 4. The van der Waals surface area contributed by atoms with Gasteiger partial charge in [-0.2, -0.15) is 0 Å². The van der Waals surface area contributed by atoms with Crippen molar-refractivity contribution in [2.24, 2.45) is 0 Å². The molecule has 0 heterocycles. The number of hydrogen-bond donors (Lipinski definition) is 0. The van der Waals surface area contributed by atoms with Crippen molar-refractivity contribution in [1.82, 2.24) is 0 Å². The summed E-state index contributed by atoms with van der Waals surface area (Å²) in [5.41, 5.74) is 1.28. The third kappa shape index (κ3) is 3.11. The maximum atomic E-state index is 5.44. The molecule has 0 bridgehead atoms. The maximum absolute atomic E-state index is 5.44. The Bertz CT molecular complexity index is 235. The molecule has 66 valence electrons. The summed E-state index contributed by atoms with van der Waals surface area (Å²) >= 11 is 2.33. The number of benzene rings is 1. The van der Waals surface area contributed by atoms with Crippen molar-refractivity contribution in [2.75, 3.05) is 6.61 Å². The Morgan fingerprint density at radius 1 is 1.33 bits per heavy atom. The minimum Gasteiger partial charge on any atom is -0.377 e. The van der Waals surface area contributed by atoms with Crippen LogP contribution in [0.25, 0.3) is 0 Å². The van der Waals surface area contributed by atoms with Gasteiger partial charge in [-0.05, 0) is 40.6 Å². The SMILES string of the molecule is CCCOCc1ccccc1I. The van der Waals surface area contributed by atoms with Crippen molar-refractivity contribution in [3.8, 4) is 0 Å². The van der Waals surface area contributed by atoms with Gasteiger partial charge >= 0.3 is 0 Å². The molecule has 0 unspecified atom stereocenters. The van der Waals surface area contributed by atoms with Gasteiger partial charge in [-0.3, -0.25) is 0 Å². The summed E-state index contributed by atoms with van der Waals surface area (Å²) in [6.45, 7) is 3.72. The Balaban J connectivity index is 2.46. The van der Waals surface area contributed by atoms with Crippen LogP contribution in [0.3, 0.4) is 0 Å². The highest BCUT2D eigenvalue weighted by atomic mass is 127. The van der Waals surface area contributed by atoms with Crippen molar-refractivity contribution in [1.29, 1.82) is 0 Å². The number of hydrogen-bond acceptors (Lipinski definition) is 1. The van der Waals surface area contributed by atoms with Crippen LogP contribution < -0.4 is 0 Å². The molecule has 1 rings (SSSR count). The van der Waals surface area contributed by atoms with E-state index in [4.69, 9.17) is 4.74 Å². The largest absolute Gasteiger partial charge is 0.377 e. The summed E-state index contributed by atoms with van der Waals surface area (Å²) in [5, 5.41) is 0. The van der Waals surface area contributed by atoms with Gasteiger partial charge in [0.25, 0.3) is 0 Å². The first-order valence-corrected chi connectivity index (χ1v) is 5.23. The van der Waals surface area contributed by atoms with Crippen molar-refractivity contribution < 1.29 is 4.74 Å². The van der Waals surface area contributed by atoms with E-state index in [0.29, 0.717) is 0 Å². The minimum atomic E-state index is 0.743. The quantitative estimate of drug-likeness (QED) is 0.606. The van der Waals surface area contributed by atoms with E-state index in [1.165, 1.54) is 9.13 Å². The molecule has 0 radical (unpaired) electrons. The van der Waals surface area contributed by atoms with Crippen molar-refractivity contribution in [2.45, 2.75) is 20.0 Å². The van der Waals surface area contributed by atoms with Gasteiger partial charge in [-0.1, -0.05) is 25.1 Å². The lowest BCUT2D eigenvalue weighted by molar-refractivity contribution is 0.121. The fourth-order valence-corrected chi connectivity index (χ4v) is 1.49. The predicted octanol–water partition coefficient (Wildman–Crippen LogP) is 3.22. The fourth-order valence-electron chi connectivity index (χ4n) is 0.942. The van der Waals surface area contributed by atoms with Gasteiger partial charge in [-0.15, -0.1) is 0 Å². The molecule has 0 aromatic heterocycles. The molecule has 0 atom stereocenters. The minimum absolute atomic E-state index is 0.743. The zero-order chi connectivity index (χ0) is 8.81. The van der Waals surface area contributed by atoms with Crippen molar-refractivity contribution in [3.63, 3.8) is 0 Å². The molecule has 12 heavy (non-hydrogen) atoms. The topological polar surface area (TPSA) is 9.23 Å². The average molecular weight is 276 g/mol. The van der Waals surface area contributed by atoms with E-state index in [-0.39, 0.29) is 0 Å². The standard InChI is InChI=1S/C10H13IO/c1-2-7-12-8-9-5-3-4-6-10(9)11/h3-6H,2,7-8H2,1H3. The van der Waals surface area contributed by atoms with Gasteiger partial charge < -0.3 is 4.74 Å². The highest BCUT2D eigenvalue weighted by Crippen LogP contribution is 2.12. The molecule has 1 aromatic rings. The Kier molecular flexibility index (Phi) is 4.61. The molecule has 0 saturated heterocycles. The Morgan fingerprint density at radius 2 is 2.08 bits per heavy atom. The molecule has 1 nitrogen and oxygen atoms in total. The molecule has 2 heteroatoms. The van der Waals surface area contributed by atoms with Crippen LogP contribution in [0.4, 0.5) is 0 Å². The van der Waals surface area contributed by atoms with E-state index < -0.39 is 0 Å². The van der Waals surface area contributed by atoms with Crippen LogP contribution in [0, 0.1) is 3.57 Å². The van der Waals surface area contributed by atoms with Crippen LogP contribution in [-0.2, 0) is 11.3 Å². The third-order valence-electron chi connectivity index (χ3n) is 1.56. The second-order valence-electron chi connectivity index (χ2n) is 2.64. The molecule has 0 fully saturated rings. The van der Waals surface area contributed by atoms with Crippen LogP contribution in [0.2, 0.25) is 0 Å². The Morgan fingerprint density at radius 3 is 2.75 bits per heavy atom. The summed E-state index contributed by atoms with van der Waals surface area (Å²) in [5.74, 6) is 0. The summed E-state index contributed by atoms with van der Waals surface area (Å²) < 4.78 is 6.73. The number of halogens is 1. The molecule has 1 aromatic carbocycles. The van der Waals surface area contributed by atoms with E-state index in [1.807, 2.05) is 12.1 Å². The molecule has 0 aliphatic carbocycles. The van der Waals surface area contributed by atoms with Crippen LogP contribution in [-0.4, -0.2) is 6.61 Å². The van der Waals surface area contributed by atoms with Crippen LogP contribution in [0.1, 0.15) is 18.9 Å². The van der Waals surface area contributed by atoms with Gasteiger partial charge in [0.15, 0.2) is 0 Å². The molecule has 0 N–H and O–H groups in total. The average Bonchev–Trinajstić information content (AvgIpc) is 2.09. The second-order valence-corrected chi connectivity index (χ2v) is 3.81. The predicted molar refractivity (Wildman–Crippen MR) is 59.1 cm³/mol. The molecule has 0 amide bonds. The monoisotopic (exact) mass is 276 g/mol. The van der Waals surface area contributed by atoms with Crippen molar-refractivity contribution >= 4 is 22.6 Å². The first-order chi connectivity index (χ1) is 5.84. The Hall–Kier alpha value is -0.0900. The van der Waals surface area contributed by atoms with Gasteiger partial charge in [0, 0.05) is 10.2 Å². The first-order valence-electron chi connectivity index (χ1n) is 4.15. The molecule has 0 spiro atoms. The third-order valence-corrected chi connectivity index (χ3v) is 2.62. The summed E-state index contributed by atoms with van der Waals surface area (Å²) in [7, 11) is 0. The van der Waals surface area contributed by atoms with E-state index >= 15 is 0 Å². The smallest absolute Gasteiger partial charge is 0.0727 e. The van der Waals surface area contributed by atoms with Crippen molar-refractivity contribution in [3.05, 3.63) is 33.4 Å². The summed E-state index contributed by atoms with van der Waals surface area (Å²) in [4.78, 5) is 0. The van der Waals surface area contributed by atoms with Crippen LogP contribution in [0.5, 0.6) is 0 Å². The van der Waals surface area contributed by atoms with Crippen LogP contribution >= 0.6 is 22.6 Å². The van der Waals surface area contributed by atoms with E-state index in [0.717, 1.165) is 19.6 Å². The van der Waals surface area contributed by atoms with Gasteiger partial charge in [0.2, 0.25) is 0 Å². The number of ether oxygens (including phenoxy) is 1. The molecule has 0 aliphatic rings. The van der Waals surface area contributed by atoms with Gasteiger partial charge in [0.1, 0.15) is 0 Å². The summed E-state index contributed by atoms with van der Waals surface area (Å²) in [6, 6.07) is 8.31. The lowest BCUT2D eigenvalue weighted by Gasteiger charge is -2.04. The molecular weight excluding hydrogens is 263 g/mol. The Labute approximate surface area is 87.3 Å². The fraction of sp³-hybridized carbons (Fsp3) is 0.400. The lowest BCUT2D eigenvalue weighted by Crippen LogP contribution is -1.95. The highest BCUT2D eigenvalue weighted by Gasteiger charge is 1.96. The summed E-state index contributed by atoms with van der Waals surface area (Å²) in [6.07, 6.45) is 1.09. The molecular formula is C10H13IO. The first kappa shape index (κ1) is 9.99. The van der Waals surface area contributed by atoms with Gasteiger partial charge in [0.05, 0.1) is 6.61 Å². The second kappa shape index (κ2) is 5.54. The van der Waals surface area contributed by atoms with E-state index in [1.54, 1.807) is 0 Å².